The Bertz CT molecular complexity index is 733. The Morgan fingerprint density at radius 1 is 0.864 bits per heavy atom. The molecule has 2 aromatic carbocycles. The third-order valence-corrected chi connectivity index (χ3v) is 2.94. The highest BCUT2D eigenvalue weighted by atomic mass is 35.5. The minimum absolute atomic E-state index is 0.192. The van der Waals surface area contributed by atoms with Gasteiger partial charge in [-0.2, -0.15) is 0 Å². The van der Waals surface area contributed by atoms with E-state index in [-0.39, 0.29) is 15.7 Å². The molecule has 0 saturated carbocycles. The van der Waals surface area contributed by atoms with Crippen LogP contribution in [-0.2, 0) is 9.59 Å². The Morgan fingerprint density at radius 3 is 2.09 bits per heavy atom. The van der Waals surface area contributed by atoms with E-state index in [0.29, 0.717) is 0 Å². The van der Waals surface area contributed by atoms with Crippen LogP contribution >= 0.6 is 23.2 Å². The van der Waals surface area contributed by atoms with Gasteiger partial charge in [0.1, 0.15) is 11.6 Å². The van der Waals surface area contributed by atoms with E-state index in [1.165, 1.54) is 18.2 Å². The summed E-state index contributed by atoms with van der Waals surface area (Å²) in [5.41, 5.74) is -0.248. The van der Waals surface area contributed by atoms with E-state index < -0.39 is 29.1 Å². The van der Waals surface area contributed by atoms with E-state index in [2.05, 4.69) is 5.32 Å². The molecule has 114 valence electrons. The van der Waals surface area contributed by atoms with Crippen LogP contribution in [0.5, 0.6) is 0 Å². The summed E-state index contributed by atoms with van der Waals surface area (Å²) < 4.78 is 26.4. The van der Waals surface area contributed by atoms with Crippen LogP contribution in [0.15, 0.2) is 36.4 Å². The van der Waals surface area contributed by atoms with Gasteiger partial charge in [0.25, 0.3) is 0 Å². The average Bonchev–Trinajstić information content (AvgIpc) is 2.41. The summed E-state index contributed by atoms with van der Waals surface area (Å²) in [6, 6.07) is 6.68. The summed E-state index contributed by atoms with van der Waals surface area (Å²) in [4.78, 5) is 23.4. The van der Waals surface area contributed by atoms with Crippen molar-refractivity contribution < 1.29 is 18.4 Å². The van der Waals surface area contributed by atoms with Gasteiger partial charge in [0.05, 0.1) is 5.69 Å². The standard InChI is InChI=1S/C14H8Cl2F2N2O2/c15-7-3-8(16)5-10(4-7)19-13(21)14(22)20-12-6-9(17)1-2-11(12)18/h1-6H,(H,19,21)(H,20,22). The van der Waals surface area contributed by atoms with Gasteiger partial charge in [-0.3, -0.25) is 9.59 Å². The third-order valence-electron chi connectivity index (χ3n) is 2.50. The normalized spacial score (nSPS) is 10.2. The quantitative estimate of drug-likeness (QED) is 0.813. The summed E-state index contributed by atoms with van der Waals surface area (Å²) in [6.45, 7) is 0. The first kappa shape index (κ1) is 16.2. The van der Waals surface area contributed by atoms with Crippen molar-refractivity contribution in [3.63, 3.8) is 0 Å². The van der Waals surface area contributed by atoms with E-state index in [0.717, 1.165) is 18.2 Å². The monoisotopic (exact) mass is 344 g/mol. The van der Waals surface area contributed by atoms with E-state index in [4.69, 9.17) is 23.2 Å². The molecule has 0 aliphatic carbocycles. The molecule has 22 heavy (non-hydrogen) atoms. The van der Waals surface area contributed by atoms with Crippen LogP contribution in [0.25, 0.3) is 0 Å². The molecule has 0 bridgehead atoms. The summed E-state index contributed by atoms with van der Waals surface area (Å²) in [5.74, 6) is -3.87. The molecule has 0 fully saturated rings. The fourth-order valence-electron chi connectivity index (χ4n) is 1.59. The molecule has 0 heterocycles. The summed E-state index contributed by atoms with van der Waals surface area (Å²) in [6.07, 6.45) is 0. The molecule has 0 radical (unpaired) electrons. The Hall–Kier alpha value is -2.18. The molecule has 0 unspecified atom stereocenters. The highest BCUT2D eigenvalue weighted by Gasteiger charge is 2.16. The molecule has 0 aliphatic heterocycles. The fourth-order valence-corrected chi connectivity index (χ4v) is 2.11. The van der Waals surface area contributed by atoms with Crippen LogP contribution in [0.3, 0.4) is 0 Å². The molecular weight excluding hydrogens is 337 g/mol. The smallest absolute Gasteiger partial charge is 0.314 e. The van der Waals surface area contributed by atoms with Crippen molar-refractivity contribution in [2.24, 2.45) is 0 Å². The van der Waals surface area contributed by atoms with Crippen LogP contribution in [0.1, 0.15) is 0 Å². The second-order valence-electron chi connectivity index (χ2n) is 4.19. The molecule has 2 N–H and O–H groups in total. The zero-order chi connectivity index (χ0) is 16.3. The third kappa shape index (κ3) is 4.16. The Balaban J connectivity index is 2.09. The first-order valence-electron chi connectivity index (χ1n) is 5.88. The topological polar surface area (TPSA) is 58.2 Å². The lowest BCUT2D eigenvalue weighted by Crippen LogP contribution is -2.29. The number of hydrogen-bond donors (Lipinski definition) is 2. The van der Waals surface area contributed by atoms with Crippen molar-refractivity contribution in [2.75, 3.05) is 10.6 Å². The molecule has 4 nitrogen and oxygen atoms in total. The van der Waals surface area contributed by atoms with Crippen molar-refractivity contribution >= 4 is 46.4 Å². The van der Waals surface area contributed by atoms with E-state index in [1.54, 1.807) is 0 Å². The minimum Gasteiger partial charge on any atom is -0.318 e. The fraction of sp³-hybridized carbons (Fsp3) is 0. The van der Waals surface area contributed by atoms with Crippen LogP contribution in [0.2, 0.25) is 10.0 Å². The maximum atomic E-state index is 13.4. The van der Waals surface area contributed by atoms with Gasteiger partial charge in [-0.05, 0) is 30.3 Å². The largest absolute Gasteiger partial charge is 0.318 e. The number of halogens is 4. The number of carbonyl (C=O) groups is 2. The number of anilines is 2. The number of nitrogens with one attached hydrogen (secondary N) is 2. The highest BCUT2D eigenvalue weighted by molar-refractivity contribution is 6.44. The molecule has 0 saturated heterocycles. The van der Waals surface area contributed by atoms with Gasteiger partial charge in [0.15, 0.2) is 0 Å². The molecular formula is C14H8Cl2F2N2O2. The van der Waals surface area contributed by atoms with Gasteiger partial charge in [-0.15, -0.1) is 0 Å². The second kappa shape index (κ2) is 6.72. The number of rotatable bonds is 2. The van der Waals surface area contributed by atoms with Gasteiger partial charge in [-0.25, -0.2) is 8.78 Å². The second-order valence-corrected chi connectivity index (χ2v) is 5.06. The molecule has 0 aliphatic rings. The number of carbonyl (C=O) groups excluding carboxylic acids is 2. The summed E-state index contributed by atoms with van der Waals surface area (Å²) in [7, 11) is 0. The lowest BCUT2D eigenvalue weighted by atomic mass is 10.3. The Kier molecular flexibility index (Phi) is 4.95. The molecule has 2 aromatic rings. The Labute approximate surface area is 134 Å². The van der Waals surface area contributed by atoms with Gasteiger partial charge in [0, 0.05) is 21.8 Å². The molecule has 0 atom stereocenters. The van der Waals surface area contributed by atoms with Crippen molar-refractivity contribution in [1.82, 2.24) is 0 Å². The molecule has 8 heteroatoms. The highest BCUT2D eigenvalue weighted by Crippen LogP contribution is 2.22. The molecule has 0 aromatic heterocycles. The predicted octanol–water partition coefficient (Wildman–Crippen LogP) is 3.85. The minimum atomic E-state index is -1.17. The van der Waals surface area contributed by atoms with Crippen LogP contribution in [0, 0.1) is 11.6 Å². The van der Waals surface area contributed by atoms with E-state index in [9.17, 15) is 18.4 Å². The van der Waals surface area contributed by atoms with Crippen LogP contribution < -0.4 is 10.6 Å². The number of hydrogen-bond acceptors (Lipinski definition) is 2. The van der Waals surface area contributed by atoms with E-state index in [1.807, 2.05) is 5.32 Å². The first-order valence-corrected chi connectivity index (χ1v) is 6.64. The molecule has 2 rings (SSSR count). The van der Waals surface area contributed by atoms with Crippen LogP contribution in [-0.4, -0.2) is 11.8 Å². The van der Waals surface area contributed by atoms with Crippen molar-refractivity contribution in [3.05, 3.63) is 58.1 Å². The molecule has 2 amide bonds. The van der Waals surface area contributed by atoms with Crippen molar-refractivity contribution in [2.45, 2.75) is 0 Å². The predicted molar refractivity (Wildman–Crippen MR) is 80.1 cm³/mol. The van der Waals surface area contributed by atoms with E-state index >= 15 is 0 Å². The summed E-state index contributed by atoms with van der Waals surface area (Å²) in [5, 5.41) is 4.74. The lowest BCUT2D eigenvalue weighted by molar-refractivity contribution is -0.133. The zero-order valence-corrected chi connectivity index (χ0v) is 12.3. The van der Waals surface area contributed by atoms with Crippen molar-refractivity contribution in [1.29, 1.82) is 0 Å². The van der Waals surface area contributed by atoms with Gasteiger partial charge in [-0.1, -0.05) is 23.2 Å². The Morgan fingerprint density at radius 2 is 1.45 bits per heavy atom. The van der Waals surface area contributed by atoms with Crippen molar-refractivity contribution in [3.8, 4) is 0 Å². The zero-order valence-electron chi connectivity index (χ0n) is 10.8. The summed E-state index contributed by atoms with van der Waals surface area (Å²) >= 11 is 11.5. The molecule has 0 spiro atoms. The maximum absolute atomic E-state index is 13.4. The van der Waals surface area contributed by atoms with Gasteiger partial charge in [0.2, 0.25) is 0 Å². The van der Waals surface area contributed by atoms with Crippen LogP contribution in [0.4, 0.5) is 20.2 Å². The SMILES string of the molecule is O=C(Nc1cc(Cl)cc(Cl)c1)C(=O)Nc1cc(F)ccc1F. The average molecular weight is 345 g/mol. The van der Waals surface area contributed by atoms with Gasteiger partial charge >= 0.3 is 11.8 Å². The van der Waals surface area contributed by atoms with Gasteiger partial charge < -0.3 is 10.6 Å². The first-order chi connectivity index (χ1) is 10.3. The lowest BCUT2D eigenvalue weighted by Gasteiger charge is -2.08. The number of amides is 2. The maximum Gasteiger partial charge on any atom is 0.314 e. The number of benzene rings is 2.